The maximum absolute atomic E-state index is 15.8. The second kappa shape index (κ2) is 6.95. The molecule has 4 aromatic rings. The van der Waals surface area contributed by atoms with Crippen molar-refractivity contribution >= 4 is 16.8 Å². The highest BCUT2D eigenvalue weighted by molar-refractivity contribution is 5.98. The van der Waals surface area contributed by atoms with Gasteiger partial charge in [0.2, 0.25) is 5.95 Å². The lowest BCUT2D eigenvalue weighted by Gasteiger charge is -2.20. The molecule has 6 rings (SSSR count). The third-order valence-corrected chi connectivity index (χ3v) is 6.04. The average Bonchev–Trinajstić information content (AvgIpc) is 3.60. The summed E-state index contributed by atoms with van der Waals surface area (Å²) >= 11 is 0. The number of aromatic nitrogens is 3. The number of rotatable bonds is 4. The van der Waals surface area contributed by atoms with Crippen LogP contribution in [0, 0.1) is 11.8 Å². The van der Waals surface area contributed by atoms with E-state index in [1.807, 2.05) is 0 Å². The molecule has 3 heterocycles. The zero-order valence-electron chi connectivity index (χ0n) is 21.8. The van der Waals surface area contributed by atoms with Crippen LogP contribution >= 0.6 is 0 Å². The molecule has 1 aliphatic carbocycles. The Kier molecular flexibility index (Phi) is 3.14. The topological polar surface area (TPSA) is 51.0 Å². The first-order valence-electron chi connectivity index (χ1n) is 12.8. The van der Waals surface area contributed by atoms with Crippen LogP contribution in [0.3, 0.4) is 0 Å². The minimum absolute atomic E-state index is 0.00146. The fraction of sp³-hybridized carbons (Fsp3) is 0.240. The van der Waals surface area contributed by atoms with Crippen molar-refractivity contribution in [3.8, 4) is 11.1 Å². The van der Waals surface area contributed by atoms with Gasteiger partial charge < -0.3 is 4.90 Å². The molecule has 1 aliphatic heterocycles. The van der Waals surface area contributed by atoms with Crippen LogP contribution in [-0.4, -0.2) is 25.6 Å². The quantitative estimate of drug-likeness (QED) is 0.456. The van der Waals surface area contributed by atoms with Crippen molar-refractivity contribution in [2.45, 2.75) is 31.8 Å². The van der Waals surface area contributed by atoms with Gasteiger partial charge in [0.15, 0.2) is 0 Å². The number of amides is 1. The zero-order chi connectivity index (χ0) is 26.3. The molecule has 5 nitrogen and oxygen atoms in total. The summed E-state index contributed by atoms with van der Waals surface area (Å²) < 4.78 is 71.0. The van der Waals surface area contributed by atoms with Gasteiger partial charge in [-0.3, -0.25) is 9.78 Å². The fourth-order valence-electron chi connectivity index (χ4n) is 4.34. The molecule has 2 aromatic carbocycles. The van der Waals surface area contributed by atoms with Crippen LogP contribution in [-0.2, 0) is 20.0 Å². The van der Waals surface area contributed by atoms with Gasteiger partial charge in [-0.15, -0.1) is 0 Å². The van der Waals surface area contributed by atoms with E-state index in [1.54, 1.807) is 24.3 Å². The number of aryl methyl sites for hydroxylation is 1. The highest BCUT2D eigenvalue weighted by Gasteiger charge is 2.33. The summed E-state index contributed by atoms with van der Waals surface area (Å²) in [4.78, 5) is 18.0. The van der Waals surface area contributed by atoms with Crippen LogP contribution in [0.2, 0.25) is 0 Å². The number of benzene rings is 2. The van der Waals surface area contributed by atoms with Crippen molar-refractivity contribution in [2.24, 2.45) is 6.98 Å². The molecule has 160 valence electrons. The number of hydrogen-bond acceptors (Lipinski definition) is 3. The van der Waals surface area contributed by atoms with E-state index < -0.39 is 31.1 Å². The number of fused-ring (bicyclic) bond motifs is 2. The van der Waals surface area contributed by atoms with E-state index in [4.69, 9.17) is 6.85 Å². The molecule has 7 heteroatoms. The van der Waals surface area contributed by atoms with E-state index in [0.717, 1.165) is 17.7 Å². The van der Waals surface area contributed by atoms with E-state index >= 15 is 8.78 Å². The normalized spacial score (nSPS) is 19.9. The maximum atomic E-state index is 15.8. The van der Waals surface area contributed by atoms with Crippen molar-refractivity contribution in [1.29, 1.82) is 0 Å². The van der Waals surface area contributed by atoms with E-state index in [9.17, 15) is 4.79 Å². The molecule has 1 fully saturated rings. The number of nitrogens with zero attached hydrogens (tertiary/aromatic N) is 4. The Morgan fingerprint density at radius 3 is 2.81 bits per heavy atom. The van der Waals surface area contributed by atoms with Gasteiger partial charge in [-0.2, -0.15) is 9.49 Å². The fourth-order valence-corrected chi connectivity index (χ4v) is 4.34. The Labute approximate surface area is 190 Å². The van der Waals surface area contributed by atoms with E-state index in [1.165, 1.54) is 24.4 Å². The van der Waals surface area contributed by atoms with Gasteiger partial charge >= 0.3 is 0 Å². The molecule has 0 bridgehead atoms. The Balaban J connectivity index is 1.46. The van der Waals surface area contributed by atoms with Crippen LogP contribution in [0.5, 0.6) is 0 Å². The van der Waals surface area contributed by atoms with Crippen LogP contribution < -0.4 is 0 Å². The Bertz CT molecular complexity index is 1600. The molecule has 1 amide bonds. The first kappa shape index (κ1) is 14.5. The predicted octanol–water partition coefficient (Wildman–Crippen LogP) is 4.95. The average molecular weight is 435 g/mol. The Hall–Kier alpha value is -3.61. The molecular weight excluding hydrogens is 410 g/mol. The molecule has 32 heavy (non-hydrogen) atoms. The SMILES string of the molecule is [2H]C1([2H])c2ncccc2C(=O)N1Cc1c(F)cc(-c2cccc3nn(C([2H])([2H])[2H])c(F)c23)cc1C1CC1. The Morgan fingerprint density at radius 1 is 1.19 bits per heavy atom. The lowest BCUT2D eigenvalue weighted by Crippen LogP contribution is -2.24. The summed E-state index contributed by atoms with van der Waals surface area (Å²) in [7, 11) is 0. The number of carbonyl (C=O) groups is 1. The van der Waals surface area contributed by atoms with Crippen molar-refractivity contribution < 1.29 is 20.4 Å². The number of hydrogen-bond donors (Lipinski definition) is 0. The van der Waals surface area contributed by atoms with Gasteiger partial charge in [0.05, 0.1) is 31.4 Å². The van der Waals surface area contributed by atoms with Crippen LogP contribution in [0.15, 0.2) is 48.7 Å². The summed E-state index contributed by atoms with van der Waals surface area (Å²) in [6.45, 7) is -5.32. The van der Waals surface area contributed by atoms with Gasteiger partial charge in [-0.1, -0.05) is 18.2 Å². The summed E-state index contributed by atoms with van der Waals surface area (Å²) in [5, 5.41) is 3.86. The molecule has 0 spiro atoms. The monoisotopic (exact) mass is 435 g/mol. The van der Waals surface area contributed by atoms with Crippen molar-refractivity contribution in [3.63, 3.8) is 0 Å². The van der Waals surface area contributed by atoms with E-state index in [2.05, 4.69) is 10.1 Å². The van der Waals surface area contributed by atoms with Gasteiger partial charge in [0.25, 0.3) is 5.91 Å². The molecule has 1 saturated carbocycles. The third kappa shape index (κ3) is 2.92. The number of pyridine rings is 1. The summed E-state index contributed by atoms with van der Waals surface area (Å²) in [5.41, 5.74) is 1.72. The lowest BCUT2D eigenvalue weighted by molar-refractivity contribution is 0.0764. The van der Waals surface area contributed by atoms with Crippen LogP contribution in [0.4, 0.5) is 8.78 Å². The summed E-state index contributed by atoms with van der Waals surface area (Å²) in [5.74, 6) is -2.25. The highest BCUT2D eigenvalue weighted by Crippen LogP contribution is 2.45. The Morgan fingerprint density at radius 2 is 2.03 bits per heavy atom. The number of halogens is 2. The first-order valence-corrected chi connectivity index (χ1v) is 10.3. The number of carbonyl (C=O) groups excluding carboxylic acids is 1. The van der Waals surface area contributed by atoms with Gasteiger partial charge in [0, 0.05) is 29.4 Å². The van der Waals surface area contributed by atoms with Crippen LogP contribution in [0.25, 0.3) is 22.0 Å². The second-order valence-corrected chi connectivity index (χ2v) is 8.11. The van der Waals surface area contributed by atoms with Gasteiger partial charge in [-0.05, 0) is 59.7 Å². The van der Waals surface area contributed by atoms with Crippen molar-refractivity contribution in [2.75, 3.05) is 0 Å². The molecule has 2 aliphatic rings. The third-order valence-electron chi connectivity index (χ3n) is 6.04. The largest absolute Gasteiger partial charge is 0.328 e. The molecule has 0 radical (unpaired) electrons. The highest BCUT2D eigenvalue weighted by atomic mass is 19.1. The maximum Gasteiger partial charge on any atom is 0.256 e. The minimum Gasteiger partial charge on any atom is -0.328 e. The summed E-state index contributed by atoms with van der Waals surface area (Å²) in [6, 6.07) is 10.6. The standard InChI is InChI=1S/C25H20F2N4O/c1-30-24(27)23-16(4-2-6-21(23)29-30)15-10-18(14-7-8-14)19(20(26)11-15)12-31-13-22-17(25(31)32)5-3-9-28-22/h2-6,9-11,14H,7-8,12-13H2,1H3/i1D3,13D2. The lowest BCUT2D eigenvalue weighted by atomic mass is 9.94. The van der Waals surface area contributed by atoms with Gasteiger partial charge in [0.1, 0.15) is 5.82 Å². The summed E-state index contributed by atoms with van der Waals surface area (Å²) in [6.07, 6.45) is 3.01. The molecule has 0 saturated heterocycles. The van der Waals surface area contributed by atoms with Crippen molar-refractivity contribution in [3.05, 3.63) is 82.8 Å². The first-order chi connectivity index (χ1) is 17.5. The second-order valence-electron chi connectivity index (χ2n) is 8.11. The molecule has 2 aromatic heterocycles. The molecular formula is C25H20F2N4O. The molecule has 0 unspecified atom stereocenters. The van der Waals surface area contributed by atoms with Crippen molar-refractivity contribution in [1.82, 2.24) is 19.7 Å². The smallest absolute Gasteiger partial charge is 0.256 e. The zero-order valence-corrected chi connectivity index (χ0v) is 16.8. The minimum atomic E-state index is -2.82. The molecule has 0 atom stereocenters. The van der Waals surface area contributed by atoms with Gasteiger partial charge in [-0.25, -0.2) is 9.07 Å². The molecule has 0 N–H and O–H groups in total. The predicted molar refractivity (Wildman–Crippen MR) is 116 cm³/mol. The van der Waals surface area contributed by atoms with E-state index in [-0.39, 0.29) is 40.2 Å². The van der Waals surface area contributed by atoms with E-state index in [0.29, 0.717) is 21.4 Å². The van der Waals surface area contributed by atoms with Crippen LogP contribution in [0.1, 0.15) is 52.8 Å².